The summed E-state index contributed by atoms with van der Waals surface area (Å²) in [6.45, 7) is 1.77. The van der Waals surface area contributed by atoms with E-state index in [1.165, 1.54) is 40.0 Å². The largest absolute Gasteiger partial charge is 0.279 e. The Labute approximate surface area is 194 Å². The van der Waals surface area contributed by atoms with Gasteiger partial charge in [-0.25, -0.2) is 27.0 Å². The van der Waals surface area contributed by atoms with Gasteiger partial charge in [0, 0.05) is 12.6 Å². The number of aryl methyl sites for hydroxylation is 2. The average molecular weight is 515 g/mol. The summed E-state index contributed by atoms with van der Waals surface area (Å²) in [7, 11) is -2.49. The topological polar surface area (TPSA) is 111 Å². The second-order valence-corrected chi connectivity index (χ2v) is 10.1. The lowest BCUT2D eigenvalue weighted by atomic mass is 10.2. The molecule has 0 aliphatic heterocycles. The highest BCUT2D eigenvalue weighted by molar-refractivity contribution is 7.95. The highest BCUT2D eigenvalue weighted by atomic mass is 35.5. The van der Waals surface area contributed by atoms with Crippen molar-refractivity contribution in [3.63, 3.8) is 0 Å². The third-order valence-corrected chi connectivity index (χ3v) is 6.81. The number of hydrogen-bond donors (Lipinski definition) is 1. The molecular weight excluding hydrogens is 502 g/mol. The highest BCUT2D eigenvalue weighted by Gasteiger charge is 2.20. The molecule has 1 N–H and O–H groups in total. The molecule has 0 spiro atoms. The fourth-order valence-corrected chi connectivity index (χ4v) is 5.01. The number of halogens is 3. The van der Waals surface area contributed by atoms with Crippen molar-refractivity contribution >= 4 is 62.0 Å². The maximum atomic E-state index is 13.3. The number of nitrogens with zero attached hydrogens (tertiary/aromatic N) is 5. The Morgan fingerprint density at radius 3 is 2.53 bits per heavy atom. The molecule has 32 heavy (non-hydrogen) atoms. The summed E-state index contributed by atoms with van der Waals surface area (Å²) in [5.41, 5.74) is 0.474. The van der Waals surface area contributed by atoms with Crippen molar-refractivity contribution < 1.29 is 12.8 Å². The summed E-state index contributed by atoms with van der Waals surface area (Å²) in [4.78, 5) is 16.9. The van der Waals surface area contributed by atoms with E-state index in [9.17, 15) is 17.6 Å². The predicted molar refractivity (Wildman–Crippen MR) is 122 cm³/mol. The molecule has 0 fully saturated rings. The summed E-state index contributed by atoms with van der Waals surface area (Å²) in [6.07, 6.45) is 3.83. The second-order valence-electron chi connectivity index (χ2n) is 6.57. The molecule has 0 aliphatic rings. The Morgan fingerprint density at radius 1 is 1.22 bits per heavy atom. The fraction of sp³-hybridized carbons (Fsp3) is 0.111. The molecule has 4 aromatic rings. The van der Waals surface area contributed by atoms with Crippen LogP contribution in [0.2, 0.25) is 10.0 Å². The molecule has 0 saturated heterocycles. The van der Waals surface area contributed by atoms with E-state index in [4.69, 9.17) is 23.2 Å². The molecule has 0 bridgehead atoms. The predicted octanol–water partition coefficient (Wildman–Crippen LogP) is 3.72. The van der Waals surface area contributed by atoms with Gasteiger partial charge in [-0.2, -0.15) is 0 Å². The fourth-order valence-electron chi connectivity index (χ4n) is 2.89. The summed E-state index contributed by atoms with van der Waals surface area (Å²) in [5, 5.41) is 9.80. The molecule has 166 valence electrons. The molecule has 14 heteroatoms. The second kappa shape index (κ2) is 8.28. The highest BCUT2D eigenvalue weighted by Crippen LogP contribution is 2.28. The molecule has 0 amide bonds. The van der Waals surface area contributed by atoms with Crippen LogP contribution in [0.5, 0.6) is 0 Å². The molecule has 3 aromatic heterocycles. The van der Waals surface area contributed by atoms with Crippen LogP contribution in [0, 0.1) is 12.7 Å². The number of benzene rings is 1. The van der Waals surface area contributed by atoms with E-state index >= 15 is 0 Å². The molecule has 0 unspecified atom stereocenters. The Morgan fingerprint density at radius 2 is 1.91 bits per heavy atom. The molecule has 0 aliphatic carbocycles. The van der Waals surface area contributed by atoms with E-state index in [1.54, 1.807) is 6.92 Å². The van der Waals surface area contributed by atoms with Gasteiger partial charge in [0.15, 0.2) is 10.7 Å². The van der Waals surface area contributed by atoms with Crippen molar-refractivity contribution in [2.75, 3.05) is 4.72 Å². The van der Waals surface area contributed by atoms with Crippen molar-refractivity contribution in [2.24, 2.45) is 7.05 Å². The summed E-state index contributed by atoms with van der Waals surface area (Å²) in [5.74, 6) is -0.641. The molecular formula is C18H13Cl2FN6O3S2. The van der Waals surface area contributed by atoms with Crippen molar-refractivity contribution in [3.8, 4) is 10.6 Å². The van der Waals surface area contributed by atoms with Crippen LogP contribution >= 0.6 is 34.5 Å². The summed E-state index contributed by atoms with van der Waals surface area (Å²) < 4.78 is 43.3. The third-order valence-electron chi connectivity index (χ3n) is 4.32. The standard InChI is InChI=1S/C18H13Cl2FN6O3S2/c1-9-23-24-17(31-9)15-16-22-7-11(8-27(16)26(2)18(15)28)25-32(29,30)4-3-12-13(19)5-10(21)6-14(12)20/h3-8,25H,1-2H3/b4-3+. The number of anilines is 1. The van der Waals surface area contributed by atoms with Crippen LogP contribution in [-0.4, -0.2) is 32.8 Å². The van der Waals surface area contributed by atoms with Gasteiger partial charge in [-0.3, -0.25) is 9.52 Å². The number of hydrogen-bond acceptors (Lipinski definition) is 7. The number of aromatic nitrogens is 5. The zero-order valence-electron chi connectivity index (χ0n) is 16.4. The molecule has 4 rings (SSSR count). The molecule has 9 nitrogen and oxygen atoms in total. The van der Waals surface area contributed by atoms with Crippen LogP contribution in [0.15, 0.2) is 34.7 Å². The molecule has 0 atom stereocenters. The Bertz CT molecular complexity index is 1540. The van der Waals surface area contributed by atoms with E-state index in [-0.39, 0.29) is 32.4 Å². The lowest BCUT2D eigenvalue weighted by molar-refractivity contribution is 0.609. The average Bonchev–Trinajstić information content (AvgIpc) is 3.22. The zero-order chi connectivity index (χ0) is 23.2. The van der Waals surface area contributed by atoms with E-state index in [0.29, 0.717) is 15.7 Å². The zero-order valence-corrected chi connectivity index (χ0v) is 19.5. The van der Waals surface area contributed by atoms with E-state index in [0.717, 1.165) is 23.6 Å². The first-order valence-corrected chi connectivity index (χ1v) is 11.9. The number of nitrogens with one attached hydrogen (secondary N) is 1. The van der Waals surface area contributed by atoms with E-state index < -0.39 is 15.8 Å². The van der Waals surface area contributed by atoms with Gasteiger partial charge in [0.05, 0.1) is 33.5 Å². The quantitative estimate of drug-likeness (QED) is 0.434. The van der Waals surface area contributed by atoms with E-state index in [1.807, 2.05) is 0 Å². The molecule has 0 saturated carbocycles. The van der Waals surface area contributed by atoms with Crippen molar-refractivity contribution in [2.45, 2.75) is 6.92 Å². The maximum absolute atomic E-state index is 13.3. The Hall–Kier alpha value is -2.80. The van der Waals surface area contributed by atoms with E-state index in [2.05, 4.69) is 19.9 Å². The molecule has 3 heterocycles. The number of rotatable bonds is 5. The van der Waals surface area contributed by atoms with Crippen LogP contribution < -0.4 is 10.3 Å². The number of sulfonamides is 1. The van der Waals surface area contributed by atoms with Crippen LogP contribution in [0.25, 0.3) is 22.3 Å². The van der Waals surface area contributed by atoms with Gasteiger partial charge in [-0.05, 0) is 25.1 Å². The van der Waals surface area contributed by atoms with Crippen LogP contribution in [0.1, 0.15) is 10.6 Å². The maximum Gasteiger partial charge on any atom is 0.279 e. The van der Waals surface area contributed by atoms with Crippen molar-refractivity contribution in [3.05, 3.63) is 66.7 Å². The van der Waals surface area contributed by atoms with Crippen LogP contribution in [-0.2, 0) is 17.1 Å². The minimum Gasteiger partial charge on any atom is -0.277 e. The molecule has 0 radical (unpaired) electrons. The van der Waals surface area contributed by atoms with Gasteiger partial charge in [0.1, 0.15) is 16.4 Å². The van der Waals surface area contributed by atoms with Crippen LogP contribution in [0.3, 0.4) is 0 Å². The monoisotopic (exact) mass is 514 g/mol. The Balaban J connectivity index is 1.68. The van der Waals surface area contributed by atoms with Gasteiger partial charge in [-0.1, -0.05) is 34.5 Å². The molecule has 1 aromatic carbocycles. The first kappa shape index (κ1) is 22.4. The van der Waals surface area contributed by atoms with Gasteiger partial charge < -0.3 is 0 Å². The van der Waals surface area contributed by atoms with Gasteiger partial charge >= 0.3 is 0 Å². The van der Waals surface area contributed by atoms with Crippen molar-refractivity contribution in [1.29, 1.82) is 0 Å². The van der Waals surface area contributed by atoms with Gasteiger partial charge in [0.25, 0.3) is 15.6 Å². The van der Waals surface area contributed by atoms with Gasteiger partial charge in [-0.15, -0.1) is 10.2 Å². The minimum atomic E-state index is -4.01. The SMILES string of the molecule is Cc1nnc(-c2c(=O)n(C)n3cc(NS(=O)(=O)/C=C/c4c(Cl)cc(F)cc4Cl)cnc23)s1. The normalized spacial score (nSPS) is 12.2. The minimum absolute atomic E-state index is 0.0358. The Kier molecular flexibility index (Phi) is 5.79. The lowest BCUT2D eigenvalue weighted by Crippen LogP contribution is -2.16. The van der Waals surface area contributed by atoms with Gasteiger partial charge in [0.2, 0.25) is 0 Å². The summed E-state index contributed by atoms with van der Waals surface area (Å²) in [6, 6.07) is 2.04. The first-order valence-electron chi connectivity index (χ1n) is 8.79. The number of fused-ring (bicyclic) bond motifs is 1. The summed E-state index contributed by atoms with van der Waals surface area (Å²) >= 11 is 13.1. The smallest absolute Gasteiger partial charge is 0.277 e. The van der Waals surface area contributed by atoms with Crippen molar-refractivity contribution in [1.82, 2.24) is 24.4 Å². The lowest BCUT2D eigenvalue weighted by Gasteiger charge is -2.07. The van der Waals surface area contributed by atoms with Crippen LogP contribution in [0.4, 0.5) is 10.1 Å². The third kappa shape index (κ3) is 4.26. The first-order chi connectivity index (χ1) is 15.1.